The maximum absolute atomic E-state index is 5.66. The van der Waals surface area contributed by atoms with Gasteiger partial charge in [-0.1, -0.05) is 6.92 Å². The molecule has 0 bridgehead atoms. The summed E-state index contributed by atoms with van der Waals surface area (Å²) in [5.41, 5.74) is 0.739. The van der Waals surface area contributed by atoms with Gasteiger partial charge < -0.3 is 4.42 Å². The van der Waals surface area contributed by atoms with Crippen molar-refractivity contribution in [3.8, 4) is 6.01 Å². The molecule has 0 amide bonds. The fourth-order valence-electron chi connectivity index (χ4n) is 1.39. The Bertz CT molecular complexity index is 435. The van der Waals surface area contributed by atoms with Crippen LogP contribution in [0.1, 0.15) is 24.9 Å². The first kappa shape index (κ1) is 10.2. The topological polar surface area (TPSA) is 43.9 Å². The molecular weight excluding hydrogens is 214 g/mol. The van der Waals surface area contributed by atoms with Gasteiger partial charge >= 0.3 is 6.01 Å². The Morgan fingerprint density at radius 1 is 1.53 bits per heavy atom. The van der Waals surface area contributed by atoms with Gasteiger partial charge in [0.2, 0.25) is 0 Å². The molecule has 0 N–H and O–H groups in total. The highest BCUT2D eigenvalue weighted by Gasteiger charge is 2.09. The van der Waals surface area contributed by atoms with Crippen LogP contribution in [0.25, 0.3) is 6.01 Å². The molecule has 80 valence electrons. The van der Waals surface area contributed by atoms with Crippen LogP contribution in [0.3, 0.4) is 0 Å². The quantitative estimate of drug-likeness (QED) is 0.752. The number of oxazole rings is 1. The van der Waals surface area contributed by atoms with E-state index in [-0.39, 0.29) is 0 Å². The first-order chi connectivity index (χ1) is 7.35. The fourth-order valence-corrected chi connectivity index (χ4v) is 1.51. The zero-order chi connectivity index (χ0) is 10.7. The maximum Gasteiger partial charge on any atom is 0.307 e. The molecule has 0 aliphatic rings. The Kier molecular flexibility index (Phi) is 3.06. The largest absolute Gasteiger partial charge is 0.431 e. The molecule has 2 rings (SSSR count). The Hall–Kier alpha value is -1.29. The molecule has 0 radical (unpaired) electrons. The van der Waals surface area contributed by atoms with Gasteiger partial charge in [-0.05, 0) is 6.42 Å². The highest BCUT2D eigenvalue weighted by molar-refractivity contribution is 6.16. The van der Waals surface area contributed by atoms with Crippen LogP contribution in [0, 0.1) is 0 Å². The van der Waals surface area contributed by atoms with Gasteiger partial charge in [0.15, 0.2) is 0 Å². The number of imidazole rings is 1. The van der Waals surface area contributed by atoms with Crippen molar-refractivity contribution in [2.75, 3.05) is 0 Å². The van der Waals surface area contributed by atoms with Gasteiger partial charge in [-0.15, -0.1) is 11.6 Å². The standard InChI is InChI=1S/C10H12ClN3O/c1-2-3-9-12-4-5-14(9)10-13-8(6-11)7-15-10/h4-5,7H,2-3,6H2,1H3. The van der Waals surface area contributed by atoms with Gasteiger partial charge in [-0.2, -0.15) is 4.98 Å². The fraction of sp³-hybridized carbons (Fsp3) is 0.400. The van der Waals surface area contributed by atoms with Crippen molar-refractivity contribution < 1.29 is 4.42 Å². The number of aryl methyl sites for hydroxylation is 1. The van der Waals surface area contributed by atoms with Crippen molar-refractivity contribution in [1.82, 2.24) is 14.5 Å². The van der Waals surface area contributed by atoms with Crippen LogP contribution < -0.4 is 0 Å². The van der Waals surface area contributed by atoms with Crippen molar-refractivity contribution >= 4 is 11.6 Å². The average molecular weight is 226 g/mol. The Balaban J connectivity index is 2.31. The molecule has 0 saturated carbocycles. The third-order valence-electron chi connectivity index (χ3n) is 2.07. The number of rotatable bonds is 4. The van der Waals surface area contributed by atoms with E-state index >= 15 is 0 Å². The van der Waals surface area contributed by atoms with Crippen LogP contribution in [0.5, 0.6) is 0 Å². The van der Waals surface area contributed by atoms with Gasteiger partial charge in [0.05, 0.1) is 11.6 Å². The van der Waals surface area contributed by atoms with Crippen LogP contribution >= 0.6 is 11.6 Å². The normalized spacial score (nSPS) is 10.8. The zero-order valence-electron chi connectivity index (χ0n) is 8.48. The molecule has 2 heterocycles. The summed E-state index contributed by atoms with van der Waals surface area (Å²) in [7, 11) is 0. The molecule has 4 nitrogen and oxygen atoms in total. The average Bonchev–Trinajstić information content (AvgIpc) is 2.85. The van der Waals surface area contributed by atoms with E-state index in [1.165, 1.54) is 0 Å². The molecule has 0 fully saturated rings. The number of alkyl halides is 1. The molecule has 0 aromatic carbocycles. The first-order valence-electron chi connectivity index (χ1n) is 4.88. The lowest BCUT2D eigenvalue weighted by Gasteiger charge is -2.00. The SMILES string of the molecule is CCCc1nccn1-c1nc(CCl)co1. The minimum Gasteiger partial charge on any atom is -0.431 e. The van der Waals surface area contributed by atoms with E-state index in [2.05, 4.69) is 16.9 Å². The Labute approximate surface area is 92.9 Å². The van der Waals surface area contributed by atoms with Crippen LogP contribution in [-0.4, -0.2) is 14.5 Å². The molecule has 15 heavy (non-hydrogen) atoms. The van der Waals surface area contributed by atoms with E-state index in [0.29, 0.717) is 11.9 Å². The molecule has 0 aliphatic carbocycles. The van der Waals surface area contributed by atoms with Crippen LogP contribution in [0.4, 0.5) is 0 Å². The van der Waals surface area contributed by atoms with Gasteiger partial charge in [0.1, 0.15) is 12.1 Å². The minimum atomic E-state index is 0.362. The van der Waals surface area contributed by atoms with Gasteiger partial charge in [0, 0.05) is 18.8 Å². The maximum atomic E-state index is 5.66. The molecule has 0 saturated heterocycles. The van der Waals surface area contributed by atoms with Crippen molar-refractivity contribution in [3.05, 3.63) is 30.2 Å². The number of aromatic nitrogens is 3. The minimum absolute atomic E-state index is 0.362. The molecule has 2 aromatic heterocycles. The number of hydrogen-bond donors (Lipinski definition) is 0. The van der Waals surface area contributed by atoms with Crippen molar-refractivity contribution in [3.63, 3.8) is 0 Å². The molecule has 2 aromatic rings. The van der Waals surface area contributed by atoms with E-state index in [4.69, 9.17) is 16.0 Å². The van der Waals surface area contributed by atoms with Crippen LogP contribution in [-0.2, 0) is 12.3 Å². The predicted molar refractivity (Wildman–Crippen MR) is 57.2 cm³/mol. The number of nitrogens with zero attached hydrogens (tertiary/aromatic N) is 3. The van der Waals surface area contributed by atoms with E-state index in [1.54, 1.807) is 12.5 Å². The summed E-state index contributed by atoms with van der Waals surface area (Å²) in [6, 6.07) is 0.534. The lowest BCUT2D eigenvalue weighted by Crippen LogP contribution is -2.00. The first-order valence-corrected chi connectivity index (χ1v) is 5.41. The molecule has 0 unspecified atom stereocenters. The lowest BCUT2D eigenvalue weighted by molar-refractivity contribution is 0.519. The Morgan fingerprint density at radius 2 is 2.40 bits per heavy atom. The molecular formula is C10H12ClN3O. The summed E-state index contributed by atoms with van der Waals surface area (Å²) in [6.07, 6.45) is 7.11. The highest BCUT2D eigenvalue weighted by atomic mass is 35.5. The zero-order valence-corrected chi connectivity index (χ0v) is 9.24. The number of hydrogen-bond acceptors (Lipinski definition) is 3. The summed E-state index contributed by atoms with van der Waals surface area (Å²) in [6.45, 7) is 2.11. The van der Waals surface area contributed by atoms with E-state index in [9.17, 15) is 0 Å². The predicted octanol–water partition coefficient (Wildman–Crippen LogP) is 2.55. The third kappa shape index (κ3) is 2.04. The summed E-state index contributed by atoms with van der Waals surface area (Å²) in [5, 5.41) is 0. The summed E-state index contributed by atoms with van der Waals surface area (Å²) in [4.78, 5) is 8.49. The second-order valence-electron chi connectivity index (χ2n) is 3.22. The van der Waals surface area contributed by atoms with E-state index < -0.39 is 0 Å². The van der Waals surface area contributed by atoms with E-state index in [1.807, 2.05) is 10.8 Å². The monoisotopic (exact) mass is 225 g/mol. The molecule has 5 heteroatoms. The van der Waals surface area contributed by atoms with Gasteiger partial charge in [-0.3, -0.25) is 4.57 Å². The van der Waals surface area contributed by atoms with Crippen molar-refractivity contribution in [2.45, 2.75) is 25.6 Å². The lowest BCUT2D eigenvalue weighted by atomic mass is 10.3. The van der Waals surface area contributed by atoms with Crippen molar-refractivity contribution in [1.29, 1.82) is 0 Å². The molecule has 0 atom stereocenters. The highest BCUT2D eigenvalue weighted by Crippen LogP contribution is 2.12. The van der Waals surface area contributed by atoms with Crippen LogP contribution in [0.2, 0.25) is 0 Å². The smallest absolute Gasteiger partial charge is 0.307 e. The second kappa shape index (κ2) is 4.49. The van der Waals surface area contributed by atoms with Gasteiger partial charge in [-0.25, -0.2) is 4.98 Å². The summed E-state index contributed by atoms with van der Waals surface area (Å²) in [5.74, 6) is 1.32. The molecule has 0 aliphatic heterocycles. The summed E-state index contributed by atoms with van der Waals surface area (Å²) >= 11 is 5.66. The van der Waals surface area contributed by atoms with Crippen molar-refractivity contribution in [2.24, 2.45) is 0 Å². The second-order valence-corrected chi connectivity index (χ2v) is 3.49. The third-order valence-corrected chi connectivity index (χ3v) is 2.35. The number of halogens is 1. The Morgan fingerprint density at radius 3 is 3.07 bits per heavy atom. The summed E-state index contributed by atoms with van der Waals surface area (Å²) < 4.78 is 7.16. The van der Waals surface area contributed by atoms with Crippen LogP contribution in [0.15, 0.2) is 23.1 Å². The van der Waals surface area contributed by atoms with Gasteiger partial charge in [0.25, 0.3) is 0 Å². The van der Waals surface area contributed by atoms with E-state index in [0.717, 1.165) is 24.4 Å². The molecule has 0 spiro atoms.